The smallest absolute Gasteiger partial charge is 0.251 e. The Balaban J connectivity index is 2.62. The van der Waals surface area contributed by atoms with Crippen molar-refractivity contribution in [1.29, 1.82) is 0 Å². The average molecular weight is 353 g/mol. The maximum absolute atomic E-state index is 12.2. The van der Waals surface area contributed by atoms with Gasteiger partial charge in [0.05, 0.1) is 4.90 Å². The highest BCUT2D eigenvalue weighted by Crippen LogP contribution is 2.12. The normalized spacial score (nSPS) is 12.8. The van der Waals surface area contributed by atoms with Crippen LogP contribution in [0.2, 0.25) is 0 Å². The second-order valence-electron chi connectivity index (χ2n) is 6.36. The lowest BCUT2D eigenvalue weighted by atomic mass is 10.0. The monoisotopic (exact) mass is 352 g/mol. The van der Waals surface area contributed by atoms with Gasteiger partial charge in [-0.1, -0.05) is 32.8 Å². The molecule has 24 heavy (non-hydrogen) atoms. The number of benzene rings is 1. The van der Waals surface area contributed by atoms with E-state index in [2.05, 4.69) is 30.5 Å². The Hall–Kier alpha value is -1.66. The van der Waals surface area contributed by atoms with E-state index in [1.807, 2.05) is 6.92 Å². The van der Waals surface area contributed by atoms with E-state index in [0.29, 0.717) is 11.5 Å². The van der Waals surface area contributed by atoms with Crippen LogP contribution in [-0.2, 0) is 10.0 Å². The van der Waals surface area contributed by atoms with E-state index in [0.717, 1.165) is 19.3 Å². The van der Waals surface area contributed by atoms with Crippen LogP contribution >= 0.6 is 0 Å². The highest BCUT2D eigenvalue weighted by Gasteiger charge is 2.15. The zero-order valence-corrected chi connectivity index (χ0v) is 15.5. The molecular formula is C18H28N2O3S. The second kappa shape index (κ2) is 9.59. The Morgan fingerprint density at radius 2 is 1.79 bits per heavy atom. The number of amides is 1. The minimum absolute atomic E-state index is 0.0916. The first kappa shape index (κ1) is 20.4. The number of carbonyl (C=O) groups excluding carboxylic acids is 1. The van der Waals surface area contributed by atoms with Gasteiger partial charge in [-0.15, -0.1) is 6.58 Å². The largest absolute Gasteiger partial charge is 0.350 e. The molecule has 0 aliphatic rings. The summed E-state index contributed by atoms with van der Waals surface area (Å²) in [6, 6.07) is 6.01. The van der Waals surface area contributed by atoms with Gasteiger partial charge in [-0.25, -0.2) is 13.1 Å². The number of rotatable bonds is 10. The summed E-state index contributed by atoms with van der Waals surface area (Å²) in [4.78, 5) is 12.3. The highest BCUT2D eigenvalue weighted by molar-refractivity contribution is 7.89. The first-order valence-electron chi connectivity index (χ1n) is 8.27. The van der Waals surface area contributed by atoms with Crippen LogP contribution in [0.1, 0.15) is 50.4 Å². The molecule has 2 N–H and O–H groups in total. The second-order valence-corrected chi connectivity index (χ2v) is 8.13. The summed E-state index contributed by atoms with van der Waals surface area (Å²) in [5, 5.41) is 2.95. The summed E-state index contributed by atoms with van der Waals surface area (Å²) < 4.78 is 26.3. The number of carbonyl (C=O) groups is 1. The van der Waals surface area contributed by atoms with Crippen molar-refractivity contribution >= 4 is 15.9 Å². The molecule has 134 valence electrons. The van der Waals surface area contributed by atoms with Crippen LogP contribution in [0.5, 0.6) is 0 Å². The SMILES string of the molecule is C=CCNS(=O)(=O)c1ccc(C(=O)NC(C)CCCC(C)C)cc1. The van der Waals surface area contributed by atoms with Crippen molar-refractivity contribution in [1.82, 2.24) is 10.0 Å². The summed E-state index contributed by atoms with van der Waals surface area (Å²) in [5.41, 5.74) is 0.452. The molecule has 5 nitrogen and oxygen atoms in total. The fraction of sp³-hybridized carbons (Fsp3) is 0.500. The molecule has 1 rings (SSSR count). The average Bonchev–Trinajstić information content (AvgIpc) is 2.52. The fourth-order valence-corrected chi connectivity index (χ4v) is 3.25. The minimum Gasteiger partial charge on any atom is -0.350 e. The number of nitrogens with one attached hydrogen (secondary N) is 2. The molecule has 1 amide bonds. The van der Waals surface area contributed by atoms with Crippen LogP contribution in [-0.4, -0.2) is 26.9 Å². The molecule has 0 fully saturated rings. The van der Waals surface area contributed by atoms with Crippen molar-refractivity contribution in [3.05, 3.63) is 42.5 Å². The van der Waals surface area contributed by atoms with E-state index < -0.39 is 10.0 Å². The summed E-state index contributed by atoms with van der Waals surface area (Å²) in [5.74, 6) is 0.479. The standard InChI is InChI=1S/C18H28N2O3S/c1-5-13-19-24(22,23)17-11-9-16(10-12-17)18(21)20-15(4)8-6-7-14(2)3/h5,9-12,14-15,19H,1,6-8,13H2,2-4H3,(H,20,21). The summed E-state index contributed by atoms with van der Waals surface area (Å²) in [6.45, 7) is 9.99. The topological polar surface area (TPSA) is 75.3 Å². The first-order valence-corrected chi connectivity index (χ1v) is 9.76. The lowest BCUT2D eigenvalue weighted by molar-refractivity contribution is 0.0937. The van der Waals surface area contributed by atoms with Gasteiger partial charge in [-0.05, 0) is 43.5 Å². The van der Waals surface area contributed by atoms with E-state index in [1.165, 1.54) is 30.3 Å². The van der Waals surface area contributed by atoms with Crippen molar-refractivity contribution in [3.8, 4) is 0 Å². The van der Waals surface area contributed by atoms with E-state index >= 15 is 0 Å². The van der Waals surface area contributed by atoms with Gasteiger partial charge in [-0.2, -0.15) is 0 Å². The van der Waals surface area contributed by atoms with Crippen LogP contribution in [0, 0.1) is 5.92 Å². The molecule has 6 heteroatoms. The molecule has 0 aliphatic carbocycles. The van der Waals surface area contributed by atoms with Crippen LogP contribution in [0.3, 0.4) is 0 Å². The van der Waals surface area contributed by atoms with E-state index in [-0.39, 0.29) is 23.4 Å². The summed E-state index contributed by atoms with van der Waals surface area (Å²) in [7, 11) is -3.56. The molecule has 0 saturated heterocycles. The fourth-order valence-electron chi connectivity index (χ4n) is 2.25. The third-order valence-corrected chi connectivity index (χ3v) is 5.08. The molecule has 0 bridgehead atoms. The minimum atomic E-state index is -3.56. The van der Waals surface area contributed by atoms with Gasteiger partial charge in [0, 0.05) is 18.2 Å². The predicted molar refractivity (Wildman–Crippen MR) is 97.4 cm³/mol. The number of hydrogen-bond acceptors (Lipinski definition) is 3. The van der Waals surface area contributed by atoms with Gasteiger partial charge >= 0.3 is 0 Å². The lowest BCUT2D eigenvalue weighted by Gasteiger charge is -2.14. The molecular weight excluding hydrogens is 324 g/mol. The van der Waals surface area contributed by atoms with Gasteiger partial charge in [-0.3, -0.25) is 4.79 Å². The van der Waals surface area contributed by atoms with Crippen molar-refractivity contribution in [2.75, 3.05) is 6.54 Å². The van der Waals surface area contributed by atoms with Gasteiger partial charge in [0.1, 0.15) is 0 Å². The molecule has 0 aromatic heterocycles. The van der Waals surface area contributed by atoms with Crippen molar-refractivity contribution in [2.45, 2.75) is 51.0 Å². The molecule has 1 aromatic carbocycles. The third kappa shape index (κ3) is 6.84. The maximum atomic E-state index is 12.2. The number of hydrogen-bond donors (Lipinski definition) is 2. The third-order valence-electron chi connectivity index (χ3n) is 3.64. The zero-order valence-electron chi connectivity index (χ0n) is 14.7. The molecule has 0 spiro atoms. The van der Waals surface area contributed by atoms with Crippen molar-refractivity contribution < 1.29 is 13.2 Å². The highest BCUT2D eigenvalue weighted by atomic mass is 32.2. The Morgan fingerprint density at radius 1 is 1.17 bits per heavy atom. The van der Waals surface area contributed by atoms with E-state index in [4.69, 9.17) is 0 Å². The maximum Gasteiger partial charge on any atom is 0.251 e. The van der Waals surface area contributed by atoms with Crippen LogP contribution < -0.4 is 10.0 Å². The van der Waals surface area contributed by atoms with Crippen molar-refractivity contribution in [3.63, 3.8) is 0 Å². The molecule has 1 aromatic rings. The molecule has 1 unspecified atom stereocenters. The molecule has 0 aliphatic heterocycles. The quantitative estimate of drug-likeness (QED) is 0.635. The van der Waals surface area contributed by atoms with Gasteiger partial charge in [0.2, 0.25) is 10.0 Å². The Labute approximate surface area is 145 Å². The number of sulfonamides is 1. The van der Waals surface area contributed by atoms with Gasteiger partial charge in [0.15, 0.2) is 0 Å². The molecule has 0 radical (unpaired) electrons. The Morgan fingerprint density at radius 3 is 2.33 bits per heavy atom. The molecule has 0 heterocycles. The summed E-state index contributed by atoms with van der Waals surface area (Å²) in [6.07, 6.45) is 4.62. The zero-order chi connectivity index (χ0) is 18.2. The van der Waals surface area contributed by atoms with E-state index in [1.54, 1.807) is 0 Å². The predicted octanol–water partition coefficient (Wildman–Crippen LogP) is 3.10. The van der Waals surface area contributed by atoms with Crippen LogP contribution in [0.25, 0.3) is 0 Å². The molecule has 1 atom stereocenters. The van der Waals surface area contributed by atoms with Crippen LogP contribution in [0.15, 0.2) is 41.8 Å². The Kier molecular flexibility index (Phi) is 8.15. The Bertz CT molecular complexity index is 637. The van der Waals surface area contributed by atoms with Gasteiger partial charge in [0.25, 0.3) is 5.91 Å². The first-order chi connectivity index (χ1) is 11.3. The van der Waals surface area contributed by atoms with Crippen LogP contribution in [0.4, 0.5) is 0 Å². The van der Waals surface area contributed by atoms with E-state index in [9.17, 15) is 13.2 Å². The van der Waals surface area contributed by atoms with Gasteiger partial charge < -0.3 is 5.32 Å². The lowest BCUT2D eigenvalue weighted by Crippen LogP contribution is -2.32. The van der Waals surface area contributed by atoms with Crippen molar-refractivity contribution in [2.24, 2.45) is 5.92 Å². The summed E-state index contributed by atoms with van der Waals surface area (Å²) >= 11 is 0. The molecule has 0 saturated carbocycles.